The van der Waals surface area contributed by atoms with Crippen molar-refractivity contribution in [1.82, 2.24) is 8.75 Å². The molecule has 1 aromatic heterocycles. The van der Waals surface area contributed by atoms with Crippen molar-refractivity contribution >= 4 is 68.3 Å². The molecule has 0 aliphatic rings. The maximum atomic E-state index is 11.2. The molecule has 0 aliphatic heterocycles. The fourth-order valence-electron chi connectivity index (χ4n) is 6.23. The van der Waals surface area contributed by atoms with Crippen LogP contribution in [-0.4, -0.2) is 18.6 Å². The Morgan fingerprint density at radius 3 is 1.05 bits per heavy atom. The summed E-state index contributed by atoms with van der Waals surface area (Å²) in [5, 5.41) is 22.5. The Hall–Kier alpha value is -8.12. The first kappa shape index (κ1) is 35.9. The number of hydrogen-bond donors (Lipinski definition) is 0. The standard InChI is InChI=1S/C46H28N6O4S/c53-51(54)43-29-25-41(26-30-43)49(37-7-3-1-4-8-37)39-21-13-33(14-22-39)11-17-35-19-20-36(46-45(35)47-57-48-46)18-12-34-15-23-40(24-16-34)50(38-9-5-2-6-10-38)42-27-31-44(32-28-42)52(55)56/h1-10,13-16,19-32H. The lowest BCUT2D eigenvalue weighted by Crippen LogP contribution is -2.09. The number of non-ortho nitro benzene ring substituents is 2. The molecule has 11 heteroatoms. The first-order valence-electron chi connectivity index (χ1n) is 17.6. The van der Waals surface area contributed by atoms with Crippen molar-refractivity contribution in [2.24, 2.45) is 0 Å². The lowest BCUT2D eigenvalue weighted by molar-refractivity contribution is -0.385. The van der Waals surface area contributed by atoms with E-state index in [1.165, 1.54) is 24.3 Å². The molecule has 0 atom stereocenters. The predicted octanol–water partition coefficient (Wildman–Crippen LogP) is 11.2. The molecule has 8 aromatic rings. The van der Waals surface area contributed by atoms with E-state index in [2.05, 4.69) is 32.4 Å². The zero-order valence-corrected chi connectivity index (χ0v) is 30.7. The van der Waals surface area contributed by atoms with Gasteiger partial charge in [-0.1, -0.05) is 60.1 Å². The quantitative estimate of drug-likeness (QED) is 0.0853. The number of benzene rings is 7. The Labute approximate surface area is 331 Å². The number of nitrogens with zero attached hydrogens (tertiary/aromatic N) is 6. The molecule has 0 unspecified atom stereocenters. The van der Waals surface area contributed by atoms with Crippen molar-refractivity contribution in [1.29, 1.82) is 0 Å². The van der Waals surface area contributed by atoms with E-state index < -0.39 is 9.85 Å². The van der Waals surface area contributed by atoms with Gasteiger partial charge in [0.15, 0.2) is 0 Å². The normalized spacial score (nSPS) is 10.5. The van der Waals surface area contributed by atoms with E-state index in [4.69, 9.17) is 0 Å². The molecule has 8 rings (SSSR count). The molecule has 0 aliphatic carbocycles. The summed E-state index contributed by atoms with van der Waals surface area (Å²) in [6.07, 6.45) is 0. The first-order valence-corrected chi connectivity index (χ1v) is 18.3. The minimum absolute atomic E-state index is 0.0302. The third-order valence-corrected chi connectivity index (χ3v) is 9.54. The number of nitro groups is 2. The van der Waals surface area contributed by atoms with E-state index >= 15 is 0 Å². The summed E-state index contributed by atoms with van der Waals surface area (Å²) >= 11 is 1.11. The summed E-state index contributed by atoms with van der Waals surface area (Å²) in [5.74, 6) is 13.0. The zero-order valence-electron chi connectivity index (χ0n) is 29.9. The van der Waals surface area contributed by atoms with Gasteiger partial charge in [-0.15, -0.1) is 0 Å². The predicted molar refractivity (Wildman–Crippen MR) is 225 cm³/mol. The molecule has 0 N–H and O–H groups in total. The highest BCUT2D eigenvalue weighted by Gasteiger charge is 2.16. The van der Waals surface area contributed by atoms with E-state index in [9.17, 15) is 20.2 Å². The van der Waals surface area contributed by atoms with Crippen LogP contribution in [0.25, 0.3) is 11.0 Å². The number of nitro benzene ring substituents is 2. The molecule has 1 heterocycles. The average molecular weight is 761 g/mol. The number of rotatable bonds is 8. The van der Waals surface area contributed by atoms with Gasteiger partial charge in [0.25, 0.3) is 11.4 Å². The third kappa shape index (κ3) is 7.91. The van der Waals surface area contributed by atoms with Gasteiger partial charge in [-0.25, -0.2) is 0 Å². The van der Waals surface area contributed by atoms with Crippen LogP contribution in [0.1, 0.15) is 22.3 Å². The molecule has 0 radical (unpaired) electrons. The second-order valence-electron chi connectivity index (χ2n) is 12.6. The van der Waals surface area contributed by atoms with Crippen LogP contribution < -0.4 is 9.80 Å². The second kappa shape index (κ2) is 16.1. The molecule has 57 heavy (non-hydrogen) atoms. The van der Waals surface area contributed by atoms with E-state index in [1.807, 2.05) is 131 Å². The molecule has 272 valence electrons. The Morgan fingerprint density at radius 1 is 0.404 bits per heavy atom. The number of para-hydroxylation sites is 2. The average Bonchev–Trinajstić information content (AvgIpc) is 3.76. The van der Waals surface area contributed by atoms with Gasteiger partial charge in [0.2, 0.25) is 0 Å². The monoisotopic (exact) mass is 760 g/mol. The highest BCUT2D eigenvalue weighted by molar-refractivity contribution is 7.00. The summed E-state index contributed by atoms with van der Waals surface area (Å²) in [6.45, 7) is 0. The van der Waals surface area contributed by atoms with Gasteiger partial charge < -0.3 is 9.80 Å². The Morgan fingerprint density at radius 2 is 0.719 bits per heavy atom. The van der Waals surface area contributed by atoms with E-state index in [0.717, 1.165) is 68.1 Å². The summed E-state index contributed by atoms with van der Waals surface area (Å²) in [6, 6.07) is 52.0. The molecule has 0 saturated carbocycles. The second-order valence-corrected chi connectivity index (χ2v) is 13.1. The summed E-state index contributed by atoms with van der Waals surface area (Å²) in [4.78, 5) is 25.7. The van der Waals surface area contributed by atoms with Crippen molar-refractivity contribution < 1.29 is 9.85 Å². The molecule has 0 spiro atoms. The maximum Gasteiger partial charge on any atom is 0.269 e. The number of anilines is 6. The summed E-state index contributed by atoms with van der Waals surface area (Å²) in [5.41, 5.74) is 9.67. The lowest BCUT2D eigenvalue weighted by atomic mass is 10.1. The van der Waals surface area contributed by atoms with Crippen LogP contribution in [0.5, 0.6) is 0 Å². The molecule has 0 amide bonds. The molecular weight excluding hydrogens is 733 g/mol. The zero-order chi connectivity index (χ0) is 39.1. The van der Waals surface area contributed by atoms with Gasteiger partial charge in [-0.05, 0) is 109 Å². The Kier molecular flexibility index (Phi) is 10.1. The van der Waals surface area contributed by atoms with Crippen molar-refractivity contribution in [3.8, 4) is 23.7 Å². The van der Waals surface area contributed by atoms with Crippen LogP contribution >= 0.6 is 11.7 Å². The van der Waals surface area contributed by atoms with Crippen LogP contribution in [0.3, 0.4) is 0 Å². The van der Waals surface area contributed by atoms with Gasteiger partial charge in [-0.2, -0.15) is 8.75 Å². The molecule has 10 nitrogen and oxygen atoms in total. The van der Waals surface area contributed by atoms with Crippen LogP contribution in [0.15, 0.2) is 170 Å². The topological polar surface area (TPSA) is 119 Å². The van der Waals surface area contributed by atoms with Crippen LogP contribution in [-0.2, 0) is 0 Å². The van der Waals surface area contributed by atoms with Crippen LogP contribution in [0.4, 0.5) is 45.5 Å². The van der Waals surface area contributed by atoms with Gasteiger partial charge >= 0.3 is 0 Å². The molecule has 0 saturated heterocycles. The fraction of sp³-hybridized carbons (Fsp3) is 0. The van der Waals surface area contributed by atoms with Gasteiger partial charge in [-0.3, -0.25) is 20.2 Å². The van der Waals surface area contributed by atoms with Crippen molar-refractivity contribution in [2.75, 3.05) is 9.80 Å². The van der Waals surface area contributed by atoms with Gasteiger partial charge in [0.1, 0.15) is 11.0 Å². The van der Waals surface area contributed by atoms with Crippen LogP contribution in [0.2, 0.25) is 0 Å². The molecule has 0 bridgehead atoms. The first-order chi connectivity index (χ1) is 27.9. The van der Waals surface area contributed by atoms with Gasteiger partial charge in [0, 0.05) is 69.5 Å². The summed E-state index contributed by atoms with van der Waals surface area (Å²) in [7, 11) is 0. The number of hydrogen-bond acceptors (Lipinski definition) is 9. The van der Waals surface area contributed by atoms with Crippen LogP contribution in [0, 0.1) is 43.9 Å². The molecule has 0 fully saturated rings. The van der Waals surface area contributed by atoms with Gasteiger partial charge in [0.05, 0.1) is 32.7 Å². The van der Waals surface area contributed by atoms with E-state index in [1.54, 1.807) is 24.3 Å². The van der Waals surface area contributed by atoms with Crippen molar-refractivity contribution in [2.45, 2.75) is 0 Å². The number of aromatic nitrogens is 2. The Balaban J connectivity index is 1.02. The van der Waals surface area contributed by atoms with Crippen molar-refractivity contribution in [3.63, 3.8) is 0 Å². The lowest BCUT2D eigenvalue weighted by Gasteiger charge is -2.25. The van der Waals surface area contributed by atoms with E-state index in [-0.39, 0.29) is 11.4 Å². The smallest absolute Gasteiger partial charge is 0.269 e. The fourth-order valence-corrected chi connectivity index (χ4v) is 6.80. The van der Waals surface area contributed by atoms with E-state index in [0.29, 0.717) is 11.0 Å². The maximum absolute atomic E-state index is 11.2. The highest BCUT2D eigenvalue weighted by atomic mass is 32.1. The third-order valence-electron chi connectivity index (χ3n) is 9.02. The molecular formula is C46H28N6O4S. The summed E-state index contributed by atoms with van der Waals surface area (Å²) < 4.78 is 9.08. The minimum atomic E-state index is -0.407. The largest absolute Gasteiger partial charge is 0.310 e. The highest BCUT2D eigenvalue weighted by Crippen LogP contribution is 2.36. The minimum Gasteiger partial charge on any atom is -0.310 e. The van der Waals surface area contributed by atoms with Crippen molar-refractivity contribution in [3.05, 3.63) is 212 Å². The SMILES string of the molecule is O=[N+]([O-])c1ccc(N(c2ccccc2)c2ccc(C#Cc3ccc(C#Cc4ccc(N(c5ccccc5)c5ccc([N+](=O)[O-])cc5)cc4)c4nsnc34)cc2)cc1. The number of fused-ring (bicyclic) bond motifs is 1. The molecule has 7 aromatic carbocycles. The Bertz CT molecular complexity index is 2650.